The summed E-state index contributed by atoms with van der Waals surface area (Å²) in [5.41, 5.74) is 0. The van der Waals surface area contributed by atoms with Gasteiger partial charge in [-0.2, -0.15) is 0 Å². The molecule has 0 saturated heterocycles. The quantitative estimate of drug-likeness (QED) is 0.563. The van der Waals surface area contributed by atoms with Crippen LogP contribution in [-0.2, 0) is 0 Å². The normalized spacial score (nSPS) is 33.9. The van der Waals surface area contributed by atoms with Crippen LogP contribution < -0.4 is 0 Å². The van der Waals surface area contributed by atoms with Crippen LogP contribution in [-0.4, -0.2) is 0 Å². The summed E-state index contributed by atoms with van der Waals surface area (Å²) >= 11 is 0. The average molecular weight is 192 g/mol. The third-order valence-corrected chi connectivity index (χ3v) is 4.45. The van der Waals surface area contributed by atoms with E-state index in [4.69, 9.17) is 0 Å². The Balaban J connectivity index is 1.84. The summed E-state index contributed by atoms with van der Waals surface area (Å²) in [6.07, 6.45) is 16.4. The highest BCUT2D eigenvalue weighted by atomic mass is 14.3. The van der Waals surface area contributed by atoms with Crippen molar-refractivity contribution in [3.63, 3.8) is 0 Å². The SMILES string of the molecule is CC(C1CC/C=C/CCC1)C1CCC1. The Morgan fingerprint density at radius 2 is 1.50 bits per heavy atom. The number of hydrogen-bond acceptors (Lipinski definition) is 0. The highest BCUT2D eigenvalue weighted by molar-refractivity contribution is 4.88. The van der Waals surface area contributed by atoms with Crippen molar-refractivity contribution in [2.45, 2.75) is 58.3 Å². The third-order valence-electron chi connectivity index (χ3n) is 4.45. The molecule has 0 aromatic carbocycles. The monoisotopic (exact) mass is 192 g/mol. The van der Waals surface area contributed by atoms with Crippen LogP contribution in [0.3, 0.4) is 0 Å². The van der Waals surface area contributed by atoms with E-state index >= 15 is 0 Å². The molecule has 2 aliphatic rings. The van der Waals surface area contributed by atoms with Gasteiger partial charge in [-0.15, -0.1) is 0 Å². The fourth-order valence-electron chi connectivity index (χ4n) is 3.06. The summed E-state index contributed by atoms with van der Waals surface area (Å²) in [5.74, 6) is 3.13. The Kier molecular flexibility index (Phi) is 3.67. The molecular weight excluding hydrogens is 168 g/mol. The van der Waals surface area contributed by atoms with Crippen LogP contribution in [0, 0.1) is 17.8 Å². The summed E-state index contributed by atoms with van der Waals surface area (Å²) in [7, 11) is 0. The van der Waals surface area contributed by atoms with Gasteiger partial charge in [-0.05, 0) is 49.9 Å². The van der Waals surface area contributed by atoms with Crippen molar-refractivity contribution in [2.75, 3.05) is 0 Å². The Morgan fingerprint density at radius 3 is 2.21 bits per heavy atom. The molecule has 0 aliphatic heterocycles. The van der Waals surface area contributed by atoms with Crippen molar-refractivity contribution in [2.24, 2.45) is 17.8 Å². The molecule has 0 amide bonds. The van der Waals surface area contributed by atoms with Gasteiger partial charge in [0.1, 0.15) is 0 Å². The predicted octanol–water partition coefficient (Wildman–Crippen LogP) is 4.56. The van der Waals surface area contributed by atoms with Crippen molar-refractivity contribution in [3.8, 4) is 0 Å². The maximum Gasteiger partial charge on any atom is -0.0348 e. The van der Waals surface area contributed by atoms with E-state index in [0.29, 0.717) is 0 Å². The molecule has 2 unspecified atom stereocenters. The van der Waals surface area contributed by atoms with Gasteiger partial charge in [-0.25, -0.2) is 0 Å². The van der Waals surface area contributed by atoms with E-state index in [-0.39, 0.29) is 0 Å². The minimum Gasteiger partial charge on any atom is -0.0885 e. The van der Waals surface area contributed by atoms with Crippen molar-refractivity contribution in [1.29, 1.82) is 0 Å². The molecule has 0 aromatic heterocycles. The Hall–Kier alpha value is -0.260. The zero-order chi connectivity index (χ0) is 9.80. The molecule has 0 heterocycles. The maximum atomic E-state index is 2.51. The highest BCUT2D eigenvalue weighted by Crippen LogP contribution is 2.40. The molecule has 0 nitrogen and oxygen atoms in total. The van der Waals surface area contributed by atoms with Gasteiger partial charge >= 0.3 is 0 Å². The van der Waals surface area contributed by atoms with Gasteiger partial charge in [0.15, 0.2) is 0 Å². The van der Waals surface area contributed by atoms with Gasteiger partial charge in [0, 0.05) is 0 Å². The Morgan fingerprint density at radius 1 is 0.857 bits per heavy atom. The first-order valence-electron chi connectivity index (χ1n) is 6.53. The van der Waals surface area contributed by atoms with E-state index < -0.39 is 0 Å². The van der Waals surface area contributed by atoms with Crippen LogP contribution in [0.2, 0.25) is 0 Å². The van der Waals surface area contributed by atoms with E-state index in [1.54, 1.807) is 0 Å². The lowest BCUT2D eigenvalue weighted by Crippen LogP contribution is -2.26. The third kappa shape index (κ3) is 2.40. The second-order valence-electron chi connectivity index (χ2n) is 5.29. The van der Waals surface area contributed by atoms with Gasteiger partial charge in [-0.3, -0.25) is 0 Å². The van der Waals surface area contributed by atoms with Gasteiger partial charge in [0.2, 0.25) is 0 Å². The molecule has 1 saturated carbocycles. The van der Waals surface area contributed by atoms with Crippen molar-refractivity contribution in [1.82, 2.24) is 0 Å². The summed E-state index contributed by atoms with van der Waals surface area (Å²) < 4.78 is 0. The van der Waals surface area contributed by atoms with Crippen molar-refractivity contribution >= 4 is 0 Å². The van der Waals surface area contributed by atoms with Gasteiger partial charge in [-0.1, -0.05) is 38.3 Å². The molecule has 2 atom stereocenters. The summed E-state index contributed by atoms with van der Waals surface area (Å²) in [5, 5.41) is 0. The zero-order valence-electron chi connectivity index (χ0n) is 9.54. The summed E-state index contributed by atoms with van der Waals surface area (Å²) in [6.45, 7) is 2.51. The zero-order valence-corrected chi connectivity index (χ0v) is 9.54. The Bertz CT molecular complexity index is 188. The van der Waals surface area contributed by atoms with E-state index in [9.17, 15) is 0 Å². The van der Waals surface area contributed by atoms with Gasteiger partial charge in [0.25, 0.3) is 0 Å². The van der Waals surface area contributed by atoms with Crippen molar-refractivity contribution < 1.29 is 0 Å². The number of rotatable bonds is 2. The molecule has 1 fully saturated rings. The fraction of sp³-hybridized carbons (Fsp3) is 0.857. The Labute approximate surface area is 88.8 Å². The standard InChI is InChI=1S/C14H24/c1-12(14-10-7-11-14)13-8-5-3-2-4-6-9-13/h2-3,12-14H,4-11H2,1H3/b3-2+. The molecule has 14 heavy (non-hydrogen) atoms. The lowest BCUT2D eigenvalue weighted by Gasteiger charge is -2.37. The first-order valence-corrected chi connectivity index (χ1v) is 6.53. The molecule has 2 rings (SSSR count). The second kappa shape index (κ2) is 5.00. The van der Waals surface area contributed by atoms with Crippen LogP contribution in [0.4, 0.5) is 0 Å². The first-order chi connectivity index (χ1) is 6.88. The average Bonchev–Trinajstić information content (AvgIpc) is 1.99. The lowest BCUT2D eigenvalue weighted by molar-refractivity contribution is 0.145. The minimum absolute atomic E-state index is 1.01. The molecule has 0 spiro atoms. The topological polar surface area (TPSA) is 0 Å². The lowest BCUT2D eigenvalue weighted by atomic mass is 9.69. The van der Waals surface area contributed by atoms with E-state index in [0.717, 1.165) is 17.8 Å². The smallest absolute Gasteiger partial charge is 0.0348 e. The fourth-order valence-corrected chi connectivity index (χ4v) is 3.06. The van der Waals surface area contributed by atoms with Crippen LogP contribution in [0.15, 0.2) is 12.2 Å². The summed E-state index contributed by atoms with van der Waals surface area (Å²) in [4.78, 5) is 0. The van der Waals surface area contributed by atoms with E-state index in [1.807, 2.05) is 0 Å². The van der Waals surface area contributed by atoms with Crippen LogP contribution in [0.25, 0.3) is 0 Å². The van der Waals surface area contributed by atoms with Crippen LogP contribution >= 0.6 is 0 Å². The highest BCUT2D eigenvalue weighted by Gasteiger charge is 2.29. The van der Waals surface area contributed by atoms with Crippen molar-refractivity contribution in [3.05, 3.63) is 12.2 Å². The van der Waals surface area contributed by atoms with Gasteiger partial charge in [0.05, 0.1) is 0 Å². The second-order valence-corrected chi connectivity index (χ2v) is 5.29. The van der Waals surface area contributed by atoms with Gasteiger partial charge < -0.3 is 0 Å². The summed E-state index contributed by atoms with van der Waals surface area (Å²) in [6, 6.07) is 0. The molecule has 2 aliphatic carbocycles. The first kappa shape index (κ1) is 10.3. The minimum atomic E-state index is 1.01. The van der Waals surface area contributed by atoms with Crippen LogP contribution in [0.5, 0.6) is 0 Å². The number of allylic oxidation sites excluding steroid dienone is 2. The molecular formula is C14H24. The largest absolute Gasteiger partial charge is 0.0885 e. The predicted molar refractivity (Wildman–Crippen MR) is 62.2 cm³/mol. The van der Waals surface area contributed by atoms with E-state index in [2.05, 4.69) is 19.1 Å². The molecule has 0 heteroatoms. The molecule has 0 radical (unpaired) electrons. The molecule has 80 valence electrons. The maximum absolute atomic E-state index is 2.51. The van der Waals surface area contributed by atoms with E-state index in [1.165, 1.54) is 51.4 Å². The van der Waals surface area contributed by atoms with Crippen LogP contribution in [0.1, 0.15) is 58.3 Å². The molecule has 0 aromatic rings. The number of hydrogen-bond donors (Lipinski definition) is 0. The molecule has 0 bridgehead atoms. The molecule has 0 N–H and O–H groups in total.